The van der Waals surface area contributed by atoms with Gasteiger partial charge >= 0.3 is 0 Å². The van der Waals surface area contributed by atoms with Gasteiger partial charge in [-0.1, -0.05) is 30.3 Å². The summed E-state index contributed by atoms with van der Waals surface area (Å²) >= 11 is 2.36. The fourth-order valence-corrected chi connectivity index (χ4v) is 2.94. The number of anilines is 1. The van der Waals surface area contributed by atoms with Crippen LogP contribution in [0, 0.1) is 3.57 Å². The minimum Gasteiger partial charge on any atom is -0.380 e. The van der Waals surface area contributed by atoms with Gasteiger partial charge < -0.3 is 9.88 Å². The van der Waals surface area contributed by atoms with Crippen LogP contribution in [0.2, 0.25) is 0 Å². The minimum absolute atomic E-state index is 0.849. The molecule has 0 spiro atoms. The van der Waals surface area contributed by atoms with E-state index < -0.39 is 0 Å². The van der Waals surface area contributed by atoms with Gasteiger partial charge in [0.25, 0.3) is 0 Å². The summed E-state index contributed by atoms with van der Waals surface area (Å²) in [5, 5.41) is 4.84. The van der Waals surface area contributed by atoms with Gasteiger partial charge in [-0.3, -0.25) is 0 Å². The smallest absolute Gasteiger partial charge is 0.0481 e. The summed E-state index contributed by atoms with van der Waals surface area (Å²) in [5.41, 5.74) is 3.80. The highest BCUT2D eigenvalue weighted by atomic mass is 127. The van der Waals surface area contributed by atoms with E-state index in [1.165, 1.54) is 25.7 Å². The number of aryl methyl sites for hydroxylation is 1. The number of halogens is 1. The second kappa shape index (κ2) is 5.25. The van der Waals surface area contributed by atoms with Gasteiger partial charge in [0, 0.05) is 39.9 Å². The Labute approximate surface area is 126 Å². The molecule has 0 radical (unpaired) electrons. The largest absolute Gasteiger partial charge is 0.380 e. The van der Waals surface area contributed by atoms with Crippen LogP contribution in [0.4, 0.5) is 5.69 Å². The molecule has 0 aliphatic carbocycles. The molecule has 19 heavy (non-hydrogen) atoms. The van der Waals surface area contributed by atoms with Gasteiger partial charge in [0.1, 0.15) is 0 Å². The van der Waals surface area contributed by atoms with Crippen LogP contribution in [0.25, 0.3) is 10.9 Å². The lowest BCUT2D eigenvalue weighted by molar-refractivity contribution is 0.955. The third-order valence-corrected chi connectivity index (χ3v) is 4.26. The van der Waals surface area contributed by atoms with Crippen molar-refractivity contribution in [3.05, 3.63) is 63.9 Å². The molecule has 0 fully saturated rings. The molecule has 0 saturated carbocycles. The van der Waals surface area contributed by atoms with Crippen molar-refractivity contribution in [1.82, 2.24) is 4.57 Å². The average molecular weight is 362 g/mol. The standard InChI is InChI=1S/C16H15IN2/c1-19-11-12(13-6-2-5-9-16(13)19)10-18-15-8-4-3-7-14(15)17/h2-9,11,18H,10H2,1H3. The number of nitrogens with zero attached hydrogens (tertiary/aromatic N) is 1. The number of aromatic nitrogens is 1. The van der Waals surface area contributed by atoms with Crippen LogP contribution in [0.3, 0.4) is 0 Å². The number of hydrogen-bond acceptors (Lipinski definition) is 1. The van der Waals surface area contributed by atoms with Gasteiger partial charge in [0.15, 0.2) is 0 Å². The molecule has 0 aliphatic rings. The van der Waals surface area contributed by atoms with E-state index in [9.17, 15) is 0 Å². The Hall–Kier alpha value is -1.49. The summed E-state index contributed by atoms with van der Waals surface area (Å²) in [7, 11) is 2.10. The van der Waals surface area contributed by atoms with Crippen molar-refractivity contribution in [2.75, 3.05) is 5.32 Å². The molecule has 2 aromatic carbocycles. The summed E-state index contributed by atoms with van der Waals surface area (Å²) in [4.78, 5) is 0. The van der Waals surface area contributed by atoms with E-state index in [-0.39, 0.29) is 0 Å². The number of para-hydroxylation sites is 2. The van der Waals surface area contributed by atoms with Gasteiger partial charge in [-0.05, 0) is 46.4 Å². The molecule has 0 saturated heterocycles. The third-order valence-electron chi connectivity index (χ3n) is 3.32. The first-order valence-electron chi connectivity index (χ1n) is 6.27. The highest BCUT2D eigenvalue weighted by Crippen LogP contribution is 2.23. The predicted molar refractivity (Wildman–Crippen MR) is 89.4 cm³/mol. The SMILES string of the molecule is Cn1cc(CNc2ccccc2I)c2ccccc21. The van der Waals surface area contributed by atoms with Crippen molar-refractivity contribution in [3.8, 4) is 0 Å². The van der Waals surface area contributed by atoms with E-state index in [1.807, 2.05) is 0 Å². The molecule has 3 aromatic rings. The Balaban J connectivity index is 1.88. The van der Waals surface area contributed by atoms with Gasteiger partial charge in [-0.2, -0.15) is 0 Å². The Morgan fingerprint density at radius 1 is 1.05 bits per heavy atom. The number of benzene rings is 2. The van der Waals surface area contributed by atoms with Crippen molar-refractivity contribution >= 4 is 39.2 Å². The Morgan fingerprint density at radius 2 is 1.79 bits per heavy atom. The maximum atomic E-state index is 3.51. The van der Waals surface area contributed by atoms with E-state index in [2.05, 4.69) is 94.3 Å². The fraction of sp³-hybridized carbons (Fsp3) is 0.125. The van der Waals surface area contributed by atoms with Crippen molar-refractivity contribution in [1.29, 1.82) is 0 Å². The molecule has 1 heterocycles. The van der Waals surface area contributed by atoms with Crippen LogP contribution in [0.1, 0.15) is 5.56 Å². The zero-order valence-electron chi connectivity index (χ0n) is 10.7. The van der Waals surface area contributed by atoms with Gasteiger partial charge in [0.05, 0.1) is 0 Å². The maximum absolute atomic E-state index is 3.51. The first-order chi connectivity index (χ1) is 9.25. The molecular weight excluding hydrogens is 347 g/mol. The van der Waals surface area contributed by atoms with Gasteiger partial charge in [0.2, 0.25) is 0 Å². The first kappa shape index (κ1) is 12.5. The predicted octanol–water partition coefficient (Wildman–Crippen LogP) is 4.40. The van der Waals surface area contributed by atoms with Crippen molar-refractivity contribution in [2.24, 2.45) is 7.05 Å². The molecule has 1 aromatic heterocycles. The normalized spacial score (nSPS) is 10.8. The Bertz CT molecular complexity index is 716. The van der Waals surface area contributed by atoms with Crippen LogP contribution in [0.5, 0.6) is 0 Å². The minimum atomic E-state index is 0.849. The molecule has 0 aliphatic heterocycles. The molecule has 96 valence electrons. The van der Waals surface area contributed by atoms with Crippen molar-refractivity contribution in [2.45, 2.75) is 6.54 Å². The monoisotopic (exact) mass is 362 g/mol. The highest BCUT2D eigenvalue weighted by molar-refractivity contribution is 14.1. The summed E-state index contributed by atoms with van der Waals surface area (Å²) in [6.07, 6.45) is 2.20. The van der Waals surface area contributed by atoms with Crippen LogP contribution in [-0.2, 0) is 13.6 Å². The van der Waals surface area contributed by atoms with Crippen LogP contribution < -0.4 is 5.32 Å². The molecule has 2 nitrogen and oxygen atoms in total. The van der Waals surface area contributed by atoms with Crippen molar-refractivity contribution < 1.29 is 0 Å². The molecule has 0 unspecified atom stereocenters. The van der Waals surface area contributed by atoms with E-state index in [0.717, 1.165) is 6.54 Å². The second-order valence-corrected chi connectivity index (χ2v) is 5.78. The number of fused-ring (bicyclic) bond motifs is 1. The van der Waals surface area contributed by atoms with Crippen molar-refractivity contribution in [3.63, 3.8) is 0 Å². The molecule has 0 atom stereocenters. The third kappa shape index (κ3) is 2.47. The second-order valence-electron chi connectivity index (χ2n) is 4.62. The lowest BCUT2D eigenvalue weighted by Crippen LogP contribution is -2.00. The zero-order valence-corrected chi connectivity index (χ0v) is 12.9. The van der Waals surface area contributed by atoms with Crippen LogP contribution in [-0.4, -0.2) is 4.57 Å². The summed E-state index contributed by atoms with van der Waals surface area (Å²) < 4.78 is 3.43. The zero-order chi connectivity index (χ0) is 13.2. The number of rotatable bonds is 3. The van der Waals surface area contributed by atoms with E-state index in [0.29, 0.717) is 0 Å². The molecule has 0 bridgehead atoms. The summed E-state index contributed by atoms with van der Waals surface area (Å²) in [5.74, 6) is 0. The number of nitrogens with one attached hydrogen (secondary N) is 1. The molecular formula is C16H15IN2. The lowest BCUT2D eigenvalue weighted by Gasteiger charge is -2.07. The summed E-state index contributed by atoms with van der Waals surface area (Å²) in [6.45, 7) is 0.849. The summed E-state index contributed by atoms with van der Waals surface area (Å²) in [6, 6.07) is 16.9. The average Bonchev–Trinajstić information content (AvgIpc) is 2.75. The van der Waals surface area contributed by atoms with Crippen LogP contribution >= 0.6 is 22.6 Å². The number of hydrogen-bond donors (Lipinski definition) is 1. The Kier molecular flexibility index (Phi) is 3.46. The Morgan fingerprint density at radius 3 is 2.63 bits per heavy atom. The lowest BCUT2D eigenvalue weighted by atomic mass is 10.2. The van der Waals surface area contributed by atoms with E-state index in [1.54, 1.807) is 0 Å². The molecule has 1 N–H and O–H groups in total. The molecule has 3 heteroatoms. The first-order valence-corrected chi connectivity index (χ1v) is 7.35. The van der Waals surface area contributed by atoms with Gasteiger partial charge in [-0.15, -0.1) is 0 Å². The van der Waals surface area contributed by atoms with Gasteiger partial charge in [-0.25, -0.2) is 0 Å². The van der Waals surface area contributed by atoms with E-state index in [4.69, 9.17) is 0 Å². The maximum Gasteiger partial charge on any atom is 0.0481 e. The fourth-order valence-electron chi connectivity index (χ4n) is 2.36. The molecule has 3 rings (SSSR count). The van der Waals surface area contributed by atoms with E-state index >= 15 is 0 Å². The molecule has 0 amide bonds. The topological polar surface area (TPSA) is 17.0 Å². The highest BCUT2D eigenvalue weighted by Gasteiger charge is 2.06. The van der Waals surface area contributed by atoms with Crippen LogP contribution in [0.15, 0.2) is 54.7 Å². The quantitative estimate of drug-likeness (QED) is 0.684.